The maximum Gasteiger partial charge on any atom is 0.243 e. The van der Waals surface area contributed by atoms with E-state index < -0.39 is 6.04 Å². The predicted octanol–water partition coefficient (Wildman–Crippen LogP) is 3.40. The molecule has 2 amide bonds. The van der Waals surface area contributed by atoms with Crippen LogP contribution in [0.5, 0.6) is 0 Å². The molecule has 0 saturated carbocycles. The second-order valence-electron chi connectivity index (χ2n) is 6.96. The van der Waals surface area contributed by atoms with Crippen molar-refractivity contribution in [2.75, 3.05) is 0 Å². The van der Waals surface area contributed by atoms with E-state index in [1.807, 2.05) is 68.6 Å². The standard InChI is InChI=1S/C22H25N3O2/c1-14-8-10-17(11-9-14)15(2)24-22(27)21(25-16(3)26)12-18-13-23-20-7-5-4-6-19(18)20/h4-11,13,15,21,23H,12H2,1-3H3,(H,24,27)(H,25,26). The van der Waals surface area contributed by atoms with E-state index in [1.165, 1.54) is 12.5 Å². The zero-order valence-electron chi connectivity index (χ0n) is 15.9. The molecule has 0 aliphatic carbocycles. The number of aromatic nitrogens is 1. The third-order valence-corrected chi connectivity index (χ3v) is 4.73. The first-order valence-corrected chi connectivity index (χ1v) is 9.13. The molecule has 5 heteroatoms. The minimum Gasteiger partial charge on any atom is -0.361 e. The summed E-state index contributed by atoms with van der Waals surface area (Å²) in [7, 11) is 0. The lowest BCUT2D eigenvalue weighted by Gasteiger charge is -2.21. The van der Waals surface area contributed by atoms with Crippen LogP contribution in [0.3, 0.4) is 0 Å². The number of nitrogens with one attached hydrogen (secondary N) is 3. The molecule has 5 nitrogen and oxygen atoms in total. The quantitative estimate of drug-likeness (QED) is 0.628. The molecule has 2 aromatic carbocycles. The molecule has 3 aromatic rings. The van der Waals surface area contributed by atoms with Gasteiger partial charge in [-0.05, 0) is 31.0 Å². The summed E-state index contributed by atoms with van der Waals surface area (Å²) >= 11 is 0. The van der Waals surface area contributed by atoms with Crippen LogP contribution in [-0.4, -0.2) is 22.8 Å². The van der Waals surface area contributed by atoms with E-state index in [0.29, 0.717) is 6.42 Å². The zero-order valence-corrected chi connectivity index (χ0v) is 15.9. The predicted molar refractivity (Wildman–Crippen MR) is 107 cm³/mol. The minimum absolute atomic E-state index is 0.141. The van der Waals surface area contributed by atoms with Crippen LogP contribution in [0.4, 0.5) is 0 Å². The fraction of sp³-hybridized carbons (Fsp3) is 0.273. The first-order chi connectivity index (χ1) is 12.9. The van der Waals surface area contributed by atoms with Gasteiger partial charge in [-0.25, -0.2) is 0 Å². The molecule has 0 fully saturated rings. The Morgan fingerprint density at radius 2 is 1.74 bits per heavy atom. The Morgan fingerprint density at radius 3 is 2.44 bits per heavy atom. The van der Waals surface area contributed by atoms with E-state index in [-0.39, 0.29) is 17.9 Å². The Hall–Kier alpha value is -3.08. The molecule has 0 aliphatic rings. The molecule has 1 aromatic heterocycles. The van der Waals surface area contributed by atoms with E-state index in [2.05, 4.69) is 15.6 Å². The van der Waals surface area contributed by atoms with Crippen molar-refractivity contribution in [1.29, 1.82) is 0 Å². The molecule has 0 saturated heterocycles. The van der Waals surface area contributed by atoms with Crippen LogP contribution >= 0.6 is 0 Å². The molecule has 3 N–H and O–H groups in total. The smallest absolute Gasteiger partial charge is 0.243 e. The number of hydrogen-bond acceptors (Lipinski definition) is 2. The number of hydrogen-bond donors (Lipinski definition) is 3. The normalized spacial score (nSPS) is 13.1. The van der Waals surface area contributed by atoms with Crippen molar-refractivity contribution in [3.05, 3.63) is 71.4 Å². The monoisotopic (exact) mass is 363 g/mol. The second kappa shape index (κ2) is 8.08. The lowest BCUT2D eigenvalue weighted by molar-refractivity contribution is -0.128. The second-order valence-corrected chi connectivity index (χ2v) is 6.96. The molecule has 140 valence electrons. The van der Waals surface area contributed by atoms with Gasteiger partial charge >= 0.3 is 0 Å². The largest absolute Gasteiger partial charge is 0.361 e. The van der Waals surface area contributed by atoms with Crippen LogP contribution in [0.1, 0.15) is 36.6 Å². The summed E-state index contributed by atoms with van der Waals surface area (Å²) in [5.41, 5.74) is 4.22. The number of fused-ring (bicyclic) bond motifs is 1. The highest BCUT2D eigenvalue weighted by atomic mass is 16.2. The minimum atomic E-state index is -0.630. The summed E-state index contributed by atoms with van der Waals surface area (Å²) < 4.78 is 0. The number of amides is 2. The zero-order chi connectivity index (χ0) is 19.4. The average Bonchev–Trinajstić information content (AvgIpc) is 3.04. The third kappa shape index (κ3) is 4.56. The number of benzene rings is 2. The Balaban J connectivity index is 1.76. The van der Waals surface area contributed by atoms with Crippen molar-refractivity contribution in [2.24, 2.45) is 0 Å². The highest BCUT2D eigenvalue weighted by molar-refractivity contribution is 5.89. The molecule has 2 unspecified atom stereocenters. The van der Waals surface area contributed by atoms with Gasteiger partial charge in [0.15, 0.2) is 0 Å². The van der Waals surface area contributed by atoms with Crippen molar-refractivity contribution in [3.63, 3.8) is 0 Å². The summed E-state index contributed by atoms with van der Waals surface area (Å²) in [6, 6.07) is 15.2. The van der Waals surface area contributed by atoms with Crippen molar-refractivity contribution >= 4 is 22.7 Å². The van der Waals surface area contributed by atoms with Crippen LogP contribution in [-0.2, 0) is 16.0 Å². The molecular formula is C22H25N3O2. The van der Waals surface area contributed by atoms with Gasteiger partial charge in [-0.1, -0.05) is 48.0 Å². The lowest BCUT2D eigenvalue weighted by Crippen LogP contribution is -2.47. The number of carbonyl (C=O) groups is 2. The van der Waals surface area contributed by atoms with Crippen LogP contribution in [0.15, 0.2) is 54.7 Å². The Kier molecular flexibility index (Phi) is 5.60. The summed E-state index contributed by atoms with van der Waals surface area (Å²) in [6.45, 7) is 5.40. The summed E-state index contributed by atoms with van der Waals surface area (Å²) in [6.07, 6.45) is 2.33. The van der Waals surface area contributed by atoms with Crippen LogP contribution in [0.25, 0.3) is 10.9 Å². The van der Waals surface area contributed by atoms with E-state index in [4.69, 9.17) is 0 Å². The lowest BCUT2D eigenvalue weighted by atomic mass is 10.0. The number of rotatable bonds is 6. The molecule has 2 atom stereocenters. The van der Waals surface area contributed by atoms with Gasteiger partial charge < -0.3 is 15.6 Å². The Labute approximate surface area is 159 Å². The molecular weight excluding hydrogens is 338 g/mol. The van der Waals surface area contributed by atoms with E-state index in [0.717, 1.165) is 22.0 Å². The summed E-state index contributed by atoms with van der Waals surface area (Å²) in [4.78, 5) is 27.7. The molecule has 3 rings (SSSR count). The molecule has 0 aliphatic heterocycles. The fourth-order valence-electron chi connectivity index (χ4n) is 3.23. The Bertz CT molecular complexity index is 944. The van der Waals surface area contributed by atoms with Gasteiger partial charge in [0.1, 0.15) is 6.04 Å². The number of aromatic amines is 1. The average molecular weight is 363 g/mol. The van der Waals surface area contributed by atoms with Gasteiger partial charge in [-0.3, -0.25) is 9.59 Å². The summed E-state index contributed by atoms with van der Waals surface area (Å²) in [5.74, 6) is -0.415. The van der Waals surface area contributed by atoms with Crippen LogP contribution in [0.2, 0.25) is 0 Å². The first-order valence-electron chi connectivity index (χ1n) is 9.13. The van der Waals surface area contributed by atoms with E-state index >= 15 is 0 Å². The van der Waals surface area contributed by atoms with Gasteiger partial charge in [0, 0.05) is 30.4 Å². The van der Waals surface area contributed by atoms with Crippen LogP contribution < -0.4 is 10.6 Å². The Morgan fingerprint density at radius 1 is 1.04 bits per heavy atom. The molecule has 27 heavy (non-hydrogen) atoms. The first kappa shape index (κ1) is 18.7. The fourth-order valence-corrected chi connectivity index (χ4v) is 3.23. The SMILES string of the molecule is CC(=O)NC(Cc1c[nH]c2ccccc12)C(=O)NC(C)c1ccc(C)cc1. The van der Waals surface area contributed by atoms with Crippen LogP contribution in [0, 0.1) is 6.92 Å². The van der Waals surface area contributed by atoms with Crippen molar-refractivity contribution in [3.8, 4) is 0 Å². The van der Waals surface area contributed by atoms with Gasteiger partial charge in [0.05, 0.1) is 6.04 Å². The highest BCUT2D eigenvalue weighted by Crippen LogP contribution is 2.20. The van der Waals surface area contributed by atoms with Gasteiger partial charge in [0.25, 0.3) is 0 Å². The number of H-pyrrole nitrogens is 1. The topological polar surface area (TPSA) is 74.0 Å². The number of para-hydroxylation sites is 1. The van der Waals surface area contributed by atoms with Gasteiger partial charge in [0.2, 0.25) is 11.8 Å². The maximum atomic E-state index is 12.9. The van der Waals surface area contributed by atoms with Crippen molar-refractivity contribution in [2.45, 2.75) is 39.3 Å². The molecule has 0 bridgehead atoms. The molecule has 0 spiro atoms. The third-order valence-electron chi connectivity index (χ3n) is 4.73. The highest BCUT2D eigenvalue weighted by Gasteiger charge is 2.23. The van der Waals surface area contributed by atoms with E-state index in [1.54, 1.807) is 0 Å². The summed E-state index contributed by atoms with van der Waals surface area (Å²) in [5, 5.41) is 6.86. The molecule has 1 heterocycles. The molecule has 0 radical (unpaired) electrons. The van der Waals surface area contributed by atoms with Gasteiger partial charge in [-0.2, -0.15) is 0 Å². The van der Waals surface area contributed by atoms with E-state index in [9.17, 15) is 9.59 Å². The number of carbonyl (C=O) groups excluding carboxylic acids is 2. The maximum absolute atomic E-state index is 12.9. The van der Waals surface area contributed by atoms with Gasteiger partial charge in [-0.15, -0.1) is 0 Å². The number of aryl methyl sites for hydroxylation is 1. The van der Waals surface area contributed by atoms with Crippen molar-refractivity contribution < 1.29 is 9.59 Å². The van der Waals surface area contributed by atoms with Crippen molar-refractivity contribution in [1.82, 2.24) is 15.6 Å².